The number of aromatic nitrogens is 2. The van der Waals surface area contributed by atoms with Gasteiger partial charge in [-0.2, -0.15) is 0 Å². The Bertz CT molecular complexity index is 635. The Morgan fingerprint density at radius 3 is 2.61 bits per heavy atom. The highest BCUT2D eigenvalue weighted by atomic mass is 16.5. The average molecular weight is 312 g/mol. The molecule has 0 fully saturated rings. The smallest absolute Gasteiger partial charge is 0.335 e. The van der Waals surface area contributed by atoms with Crippen LogP contribution in [0.2, 0.25) is 0 Å². The van der Waals surface area contributed by atoms with Crippen molar-refractivity contribution in [1.29, 1.82) is 0 Å². The first-order chi connectivity index (χ1) is 10.9. The van der Waals surface area contributed by atoms with E-state index in [-0.39, 0.29) is 11.4 Å². The third-order valence-corrected chi connectivity index (χ3v) is 3.53. The number of nitrogens with one attached hydrogen (secondary N) is 1. The highest BCUT2D eigenvalue weighted by Crippen LogP contribution is 2.24. The molecular formula is C19H24N2O2. The van der Waals surface area contributed by atoms with E-state index in [0.717, 1.165) is 25.1 Å². The lowest BCUT2D eigenvalue weighted by molar-refractivity contribution is -0.129. The van der Waals surface area contributed by atoms with Crippen LogP contribution >= 0.6 is 0 Å². The largest absolute Gasteiger partial charge is 0.423 e. The first-order valence-electron chi connectivity index (χ1n) is 7.92. The third kappa shape index (κ3) is 5.74. The van der Waals surface area contributed by atoms with Gasteiger partial charge in [-0.3, -0.25) is 0 Å². The summed E-state index contributed by atoms with van der Waals surface area (Å²) in [6, 6.07) is 7.66. The Morgan fingerprint density at radius 1 is 1.26 bits per heavy atom. The fourth-order valence-electron chi connectivity index (χ4n) is 2.17. The van der Waals surface area contributed by atoms with Crippen LogP contribution < -0.4 is 4.74 Å². The van der Waals surface area contributed by atoms with E-state index in [2.05, 4.69) is 30.7 Å². The van der Waals surface area contributed by atoms with Gasteiger partial charge < -0.3 is 9.72 Å². The zero-order valence-corrected chi connectivity index (χ0v) is 14.0. The van der Waals surface area contributed by atoms with Gasteiger partial charge in [-0.05, 0) is 36.0 Å². The van der Waals surface area contributed by atoms with E-state index in [4.69, 9.17) is 4.74 Å². The van der Waals surface area contributed by atoms with E-state index in [1.807, 2.05) is 36.5 Å². The average Bonchev–Trinajstić information content (AvgIpc) is 3.00. The molecule has 23 heavy (non-hydrogen) atoms. The van der Waals surface area contributed by atoms with Crippen molar-refractivity contribution in [2.45, 2.75) is 45.4 Å². The summed E-state index contributed by atoms with van der Waals surface area (Å²) in [7, 11) is 0. The molecule has 2 aromatic rings. The third-order valence-electron chi connectivity index (χ3n) is 3.53. The van der Waals surface area contributed by atoms with Crippen molar-refractivity contribution in [3.63, 3.8) is 0 Å². The highest BCUT2D eigenvalue weighted by molar-refractivity contribution is 5.83. The maximum Gasteiger partial charge on any atom is 0.335 e. The Labute approximate surface area is 137 Å². The minimum atomic E-state index is -0.341. The number of carbonyl (C=O) groups excluding carboxylic acids is 1. The van der Waals surface area contributed by atoms with Crippen molar-refractivity contribution in [2.24, 2.45) is 0 Å². The molecule has 0 unspecified atom stereocenters. The summed E-state index contributed by atoms with van der Waals surface area (Å²) in [5.41, 5.74) is 1.31. The second-order valence-electron chi connectivity index (χ2n) is 6.53. The molecule has 0 radical (unpaired) electrons. The maximum absolute atomic E-state index is 11.8. The quantitative estimate of drug-likeness (QED) is 0.376. The second-order valence-corrected chi connectivity index (χ2v) is 6.53. The summed E-state index contributed by atoms with van der Waals surface area (Å²) in [6.45, 7) is 6.46. The highest BCUT2D eigenvalue weighted by Gasteiger charge is 2.13. The van der Waals surface area contributed by atoms with E-state index in [0.29, 0.717) is 5.75 Å². The lowest BCUT2D eigenvalue weighted by Crippen LogP contribution is -2.11. The number of esters is 1. The number of hydrogen-bond acceptors (Lipinski definition) is 3. The number of carbonyl (C=O) groups is 1. The summed E-state index contributed by atoms with van der Waals surface area (Å²) in [4.78, 5) is 19.0. The zero-order valence-electron chi connectivity index (χ0n) is 14.0. The molecule has 122 valence electrons. The summed E-state index contributed by atoms with van der Waals surface area (Å²) < 4.78 is 5.29. The van der Waals surface area contributed by atoms with Crippen molar-refractivity contribution in [1.82, 2.24) is 9.97 Å². The first-order valence-corrected chi connectivity index (χ1v) is 7.92. The van der Waals surface area contributed by atoms with Gasteiger partial charge >= 0.3 is 5.97 Å². The number of hydrogen-bond donors (Lipinski definition) is 1. The van der Waals surface area contributed by atoms with Gasteiger partial charge in [0.15, 0.2) is 0 Å². The number of rotatable bonds is 6. The molecule has 0 bridgehead atoms. The molecule has 0 saturated heterocycles. The van der Waals surface area contributed by atoms with Crippen LogP contribution in [-0.2, 0) is 16.6 Å². The molecule has 1 aromatic heterocycles. The summed E-state index contributed by atoms with van der Waals surface area (Å²) in [6.07, 6.45) is 9.52. The number of unbranched alkanes of at least 4 members (excludes halogenated alkanes) is 1. The number of aromatic amines is 1. The molecule has 1 N–H and O–H groups in total. The van der Waals surface area contributed by atoms with Gasteiger partial charge in [0.1, 0.15) is 11.6 Å². The lowest BCUT2D eigenvalue weighted by Gasteiger charge is -2.18. The van der Waals surface area contributed by atoms with Crippen LogP contribution in [0.3, 0.4) is 0 Å². The van der Waals surface area contributed by atoms with Crippen molar-refractivity contribution in [3.05, 3.63) is 60.2 Å². The van der Waals surface area contributed by atoms with Gasteiger partial charge in [0, 0.05) is 24.9 Å². The van der Waals surface area contributed by atoms with Crippen molar-refractivity contribution >= 4 is 5.97 Å². The normalized spacial score (nSPS) is 11.8. The molecule has 1 aromatic carbocycles. The van der Waals surface area contributed by atoms with Crippen LogP contribution in [0.5, 0.6) is 5.75 Å². The topological polar surface area (TPSA) is 55.0 Å². The number of aryl methyl sites for hydroxylation is 1. The fraction of sp³-hybridized carbons (Fsp3) is 0.368. The molecule has 0 aliphatic carbocycles. The molecule has 2 rings (SSSR count). The zero-order chi connectivity index (χ0) is 16.7. The van der Waals surface area contributed by atoms with Crippen LogP contribution in [0.1, 0.15) is 45.0 Å². The Morgan fingerprint density at radius 2 is 2.00 bits per heavy atom. The van der Waals surface area contributed by atoms with Crippen molar-refractivity contribution < 1.29 is 9.53 Å². The van der Waals surface area contributed by atoms with Gasteiger partial charge in [-0.25, -0.2) is 9.78 Å². The second kappa shape index (κ2) is 7.77. The summed E-state index contributed by atoms with van der Waals surface area (Å²) in [5, 5.41) is 0. The van der Waals surface area contributed by atoms with Gasteiger partial charge in [0.25, 0.3) is 0 Å². The molecular weight excluding hydrogens is 288 g/mol. The Kier molecular flexibility index (Phi) is 5.74. The van der Waals surface area contributed by atoms with Crippen LogP contribution in [0.25, 0.3) is 0 Å². The number of benzene rings is 1. The predicted octanol–water partition coefficient (Wildman–Crippen LogP) is 4.19. The SMILES string of the molecule is CC(C)(C)c1ccc(OC(=O)C=CCCCc2ncc[nH]2)cc1. The van der Waals surface area contributed by atoms with Gasteiger partial charge in [-0.1, -0.05) is 39.0 Å². The van der Waals surface area contributed by atoms with Crippen molar-refractivity contribution in [2.75, 3.05) is 0 Å². The molecule has 0 amide bonds. The molecule has 0 aliphatic rings. The van der Waals surface area contributed by atoms with Crippen molar-refractivity contribution in [3.8, 4) is 5.75 Å². The first kappa shape index (κ1) is 17.0. The van der Waals surface area contributed by atoms with Gasteiger partial charge in [-0.15, -0.1) is 0 Å². The van der Waals surface area contributed by atoms with Crippen LogP contribution in [-0.4, -0.2) is 15.9 Å². The Hall–Kier alpha value is -2.36. The molecule has 0 spiro atoms. The molecule has 0 atom stereocenters. The summed E-state index contributed by atoms with van der Waals surface area (Å²) in [5.74, 6) is 1.20. The molecule has 1 heterocycles. The van der Waals surface area contributed by atoms with Gasteiger partial charge in [0.2, 0.25) is 0 Å². The van der Waals surface area contributed by atoms with E-state index in [9.17, 15) is 4.79 Å². The van der Waals surface area contributed by atoms with Crippen LogP contribution in [0.15, 0.2) is 48.8 Å². The van der Waals surface area contributed by atoms with Gasteiger partial charge in [0.05, 0.1) is 0 Å². The minimum absolute atomic E-state index is 0.0937. The fourth-order valence-corrected chi connectivity index (χ4v) is 2.17. The standard InChI is InChI=1S/C19H24N2O2/c1-19(2,3)15-9-11-16(12-10-15)23-18(22)8-6-4-5-7-17-20-13-14-21-17/h6,8-14H,4-5,7H2,1-3H3,(H,20,21). The number of imidazole rings is 1. The molecule has 0 aliphatic heterocycles. The number of H-pyrrole nitrogens is 1. The van der Waals surface area contributed by atoms with E-state index >= 15 is 0 Å². The number of allylic oxidation sites excluding steroid dienone is 1. The Balaban J connectivity index is 1.74. The predicted molar refractivity (Wildman–Crippen MR) is 91.4 cm³/mol. The molecule has 4 nitrogen and oxygen atoms in total. The minimum Gasteiger partial charge on any atom is -0.423 e. The van der Waals surface area contributed by atoms with E-state index in [1.54, 1.807) is 6.20 Å². The van der Waals surface area contributed by atoms with Crippen LogP contribution in [0.4, 0.5) is 0 Å². The molecule has 0 saturated carbocycles. The number of ether oxygens (including phenoxy) is 1. The van der Waals surface area contributed by atoms with E-state index < -0.39 is 0 Å². The monoisotopic (exact) mass is 312 g/mol. The van der Waals surface area contributed by atoms with E-state index in [1.165, 1.54) is 11.6 Å². The molecule has 4 heteroatoms. The maximum atomic E-state index is 11.8. The van der Waals surface area contributed by atoms with Crippen LogP contribution in [0, 0.1) is 0 Å². The number of nitrogens with zero attached hydrogens (tertiary/aromatic N) is 1. The summed E-state index contributed by atoms with van der Waals surface area (Å²) >= 11 is 0. The lowest BCUT2D eigenvalue weighted by atomic mass is 9.87.